The first-order valence-corrected chi connectivity index (χ1v) is 5.86. The van der Waals surface area contributed by atoms with E-state index in [0.717, 1.165) is 11.6 Å². The molecule has 0 aliphatic rings. The van der Waals surface area contributed by atoms with Crippen LogP contribution in [-0.2, 0) is 18.2 Å². The van der Waals surface area contributed by atoms with Crippen molar-refractivity contribution in [3.8, 4) is 0 Å². The minimum absolute atomic E-state index is 0.0707. The Balaban J connectivity index is 1.97. The number of aryl methyl sites for hydroxylation is 1. The molecule has 5 nitrogen and oxygen atoms in total. The number of hydrogen-bond donors (Lipinski definition) is 1. The van der Waals surface area contributed by atoms with Crippen molar-refractivity contribution in [3.05, 3.63) is 47.3 Å². The lowest BCUT2D eigenvalue weighted by atomic mass is 10.2. The zero-order valence-corrected chi connectivity index (χ0v) is 10.8. The fourth-order valence-corrected chi connectivity index (χ4v) is 1.66. The highest BCUT2D eigenvalue weighted by Gasteiger charge is 2.16. The van der Waals surface area contributed by atoms with E-state index in [9.17, 15) is 13.6 Å². The average Bonchev–Trinajstić information content (AvgIpc) is 2.79. The maximum absolute atomic E-state index is 13.4. The zero-order chi connectivity index (χ0) is 14.7. The van der Waals surface area contributed by atoms with Crippen molar-refractivity contribution in [2.24, 2.45) is 7.05 Å². The first-order chi connectivity index (χ1) is 9.47. The molecule has 0 saturated carbocycles. The maximum Gasteiger partial charge on any atom is 0.341 e. The fourth-order valence-electron chi connectivity index (χ4n) is 1.66. The molecule has 0 fully saturated rings. The summed E-state index contributed by atoms with van der Waals surface area (Å²) < 4.78 is 32.9. The Kier molecular flexibility index (Phi) is 3.97. The number of carbonyl (C=O) groups is 1. The molecule has 106 valence electrons. The molecule has 0 unspecified atom stereocenters. The average molecular weight is 281 g/mol. The van der Waals surface area contributed by atoms with E-state index in [1.54, 1.807) is 24.1 Å². The summed E-state index contributed by atoms with van der Waals surface area (Å²) in [6.45, 7) is 0.0707. The van der Waals surface area contributed by atoms with Gasteiger partial charge in [0.15, 0.2) is 0 Å². The van der Waals surface area contributed by atoms with Gasteiger partial charge in [-0.2, -0.15) is 5.10 Å². The molecule has 1 aromatic heterocycles. The van der Waals surface area contributed by atoms with Crippen LogP contribution in [0.3, 0.4) is 0 Å². The molecule has 20 heavy (non-hydrogen) atoms. The first-order valence-electron chi connectivity index (χ1n) is 5.86. The molecule has 2 rings (SSSR count). The van der Waals surface area contributed by atoms with Crippen LogP contribution >= 0.6 is 0 Å². The van der Waals surface area contributed by atoms with Crippen LogP contribution in [0, 0.1) is 11.6 Å². The van der Waals surface area contributed by atoms with Crippen molar-refractivity contribution in [1.29, 1.82) is 0 Å². The van der Waals surface area contributed by atoms with Gasteiger partial charge in [0.05, 0.1) is 24.1 Å². The molecule has 0 radical (unpaired) electrons. The van der Waals surface area contributed by atoms with E-state index in [1.807, 2.05) is 0 Å². The number of nitrogens with zero attached hydrogens (tertiary/aromatic N) is 2. The van der Waals surface area contributed by atoms with Gasteiger partial charge < -0.3 is 10.5 Å². The van der Waals surface area contributed by atoms with Gasteiger partial charge in [-0.1, -0.05) is 0 Å². The molecule has 0 saturated heterocycles. The number of rotatable bonds is 4. The summed E-state index contributed by atoms with van der Waals surface area (Å²) in [5.74, 6) is -2.78. The van der Waals surface area contributed by atoms with Gasteiger partial charge in [-0.15, -0.1) is 0 Å². The minimum Gasteiger partial charge on any atom is -0.462 e. The predicted octanol–water partition coefficient (Wildman–Crippen LogP) is 1.68. The number of hydrogen-bond acceptors (Lipinski definition) is 4. The number of benzene rings is 1. The summed E-state index contributed by atoms with van der Waals surface area (Å²) in [4.78, 5) is 11.7. The van der Waals surface area contributed by atoms with Crippen molar-refractivity contribution in [2.45, 2.75) is 6.42 Å². The smallest absolute Gasteiger partial charge is 0.341 e. The highest BCUT2D eigenvalue weighted by Crippen LogP contribution is 2.17. The number of carbonyl (C=O) groups excluding carboxylic acids is 1. The van der Waals surface area contributed by atoms with E-state index in [4.69, 9.17) is 10.5 Å². The van der Waals surface area contributed by atoms with Gasteiger partial charge in [0.1, 0.15) is 11.6 Å². The number of ether oxygens (including phenoxy) is 1. The van der Waals surface area contributed by atoms with Crippen LogP contribution in [0.4, 0.5) is 14.5 Å². The van der Waals surface area contributed by atoms with Gasteiger partial charge in [-0.3, -0.25) is 4.68 Å². The van der Waals surface area contributed by atoms with Crippen molar-refractivity contribution in [2.75, 3.05) is 12.3 Å². The summed E-state index contributed by atoms with van der Waals surface area (Å²) in [6.07, 6.45) is 3.88. The highest BCUT2D eigenvalue weighted by atomic mass is 19.1. The second-order valence-electron chi connectivity index (χ2n) is 4.26. The fraction of sp³-hybridized carbons (Fsp3) is 0.231. The third-order valence-electron chi connectivity index (χ3n) is 2.69. The van der Waals surface area contributed by atoms with Crippen LogP contribution in [0.15, 0.2) is 24.5 Å². The number of nitrogens with two attached hydrogens (primary N) is 1. The number of halogens is 2. The van der Waals surface area contributed by atoms with E-state index in [0.29, 0.717) is 12.5 Å². The molecular formula is C13H13F2N3O2. The molecule has 0 bridgehead atoms. The normalized spacial score (nSPS) is 10.6. The molecule has 1 aromatic carbocycles. The van der Waals surface area contributed by atoms with E-state index in [-0.39, 0.29) is 17.9 Å². The summed E-state index contributed by atoms with van der Waals surface area (Å²) in [7, 11) is 1.77. The van der Waals surface area contributed by atoms with Crippen molar-refractivity contribution >= 4 is 11.7 Å². The van der Waals surface area contributed by atoms with Gasteiger partial charge in [0.25, 0.3) is 0 Å². The molecule has 0 aliphatic heterocycles. The lowest BCUT2D eigenvalue weighted by Gasteiger charge is -2.06. The second-order valence-corrected chi connectivity index (χ2v) is 4.26. The molecule has 0 amide bonds. The summed E-state index contributed by atoms with van der Waals surface area (Å²) in [5.41, 5.74) is 5.50. The van der Waals surface area contributed by atoms with Gasteiger partial charge in [-0.05, 0) is 11.6 Å². The minimum atomic E-state index is -0.997. The Bertz CT molecular complexity index is 641. The first kappa shape index (κ1) is 14.0. The lowest BCUT2D eigenvalue weighted by Crippen LogP contribution is -2.11. The monoisotopic (exact) mass is 281 g/mol. The van der Waals surface area contributed by atoms with Gasteiger partial charge in [0, 0.05) is 25.7 Å². The highest BCUT2D eigenvalue weighted by molar-refractivity contribution is 5.90. The summed E-state index contributed by atoms with van der Waals surface area (Å²) in [6, 6.07) is 1.49. The van der Waals surface area contributed by atoms with Crippen LogP contribution in [0.1, 0.15) is 15.9 Å². The van der Waals surface area contributed by atoms with Crippen molar-refractivity contribution < 1.29 is 18.3 Å². The second kappa shape index (κ2) is 5.68. The number of nitrogen functional groups attached to an aromatic ring is 1. The van der Waals surface area contributed by atoms with Crippen molar-refractivity contribution in [1.82, 2.24) is 9.78 Å². The van der Waals surface area contributed by atoms with E-state index in [2.05, 4.69) is 5.10 Å². The molecule has 7 heteroatoms. The topological polar surface area (TPSA) is 70.1 Å². The third kappa shape index (κ3) is 3.11. The SMILES string of the molecule is Cn1cc(CCOC(=O)c2cc(N)c(F)cc2F)cn1. The van der Waals surface area contributed by atoms with Gasteiger partial charge in [0.2, 0.25) is 0 Å². The van der Waals surface area contributed by atoms with Gasteiger partial charge in [-0.25, -0.2) is 13.6 Å². The Morgan fingerprint density at radius 3 is 2.80 bits per heavy atom. The number of anilines is 1. The number of esters is 1. The summed E-state index contributed by atoms with van der Waals surface area (Å²) >= 11 is 0. The third-order valence-corrected chi connectivity index (χ3v) is 2.69. The molecule has 0 atom stereocenters. The van der Waals surface area contributed by atoms with Crippen LogP contribution in [0.5, 0.6) is 0 Å². The van der Waals surface area contributed by atoms with Crippen LogP contribution in [-0.4, -0.2) is 22.4 Å². The van der Waals surface area contributed by atoms with Gasteiger partial charge >= 0.3 is 5.97 Å². The maximum atomic E-state index is 13.4. The number of aromatic nitrogens is 2. The molecule has 2 N–H and O–H groups in total. The van der Waals surface area contributed by atoms with Crippen molar-refractivity contribution in [3.63, 3.8) is 0 Å². The van der Waals surface area contributed by atoms with Crippen LogP contribution < -0.4 is 5.73 Å². The Labute approximate surface area is 114 Å². The molecule has 1 heterocycles. The molecule has 0 aliphatic carbocycles. The standard InChI is InChI=1S/C13H13F2N3O2/c1-18-7-8(6-17-18)2-3-20-13(19)9-4-12(16)11(15)5-10(9)14/h4-7H,2-3,16H2,1H3. The Morgan fingerprint density at radius 2 is 2.15 bits per heavy atom. The van der Waals surface area contributed by atoms with E-state index < -0.39 is 17.6 Å². The molecular weight excluding hydrogens is 268 g/mol. The quantitative estimate of drug-likeness (QED) is 0.683. The molecule has 0 spiro atoms. The lowest BCUT2D eigenvalue weighted by molar-refractivity contribution is 0.0504. The molecule has 2 aromatic rings. The largest absolute Gasteiger partial charge is 0.462 e. The Hall–Kier alpha value is -2.44. The van der Waals surface area contributed by atoms with E-state index in [1.165, 1.54) is 0 Å². The van der Waals surface area contributed by atoms with E-state index >= 15 is 0 Å². The zero-order valence-electron chi connectivity index (χ0n) is 10.8. The van der Waals surface area contributed by atoms with Crippen LogP contribution in [0.25, 0.3) is 0 Å². The summed E-state index contributed by atoms with van der Waals surface area (Å²) in [5, 5.41) is 3.97. The van der Waals surface area contributed by atoms with Crippen LogP contribution in [0.2, 0.25) is 0 Å². The Morgan fingerprint density at radius 1 is 1.40 bits per heavy atom. The predicted molar refractivity (Wildman–Crippen MR) is 68.0 cm³/mol.